The van der Waals surface area contributed by atoms with Crippen LogP contribution in [0.5, 0.6) is 11.5 Å². The average Bonchev–Trinajstić information content (AvgIpc) is 3.43. The second-order valence-corrected chi connectivity index (χ2v) is 7.39. The maximum absolute atomic E-state index is 12.9. The smallest absolute Gasteiger partial charge is 0.295 e. The molecule has 1 fully saturated rings. The third-order valence-corrected chi connectivity index (χ3v) is 5.07. The first kappa shape index (κ1) is 19.1. The summed E-state index contributed by atoms with van der Waals surface area (Å²) in [5.41, 5.74) is 0.391. The number of rotatable bonds is 6. The Morgan fingerprint density at radius 3 is 2.72 bits per heavy atom. The fourth-order valence-electron chi connectivity index (χ4n) is 3.66. The van der Waals surface area contributed by atoms with Crippen LogP contribution in [0.3, 0.4) is 0 Å². The summed E-state index contributed by atoms with van der Waals surface area (Å²) in [5, 5.41) is 11.0. The summed E-state index contributed by atoms with van der Waals surface area (Å²) in [6, 6.07) is 7.51. The van der Waals surface area contributed by atoms with Crippen LogP contribution in [0.1, 0.15) is 23.8 Å². The van der Waals surface area contributed by atoms with Gasteiger partial charge in [0.1, 0.15) is 17.6 Å². The van der Waals surface area contributed by atoms with E-state index in [9.17, 15) is 14.7 Å². The van der Waals surface area contributed by atoms with Gasteiger partial charge in [0, 0.05) is 18.5 Å². The van der Waals surface area contributed by atoms with Gasteiger partial charge in [-0.2, -0.15) is 0 Å². The van der Waals surface area contributed by atoms with Crippen molar-refractivity contribution in [2.75, 3.05) is 34.0 Å². The summed E-state index contributed by atoms with van der Waals surface area (Å²) >= 11 is 0. The molecule has 2 N–H and O–H groups in total. The number of carbonyl (C=O) groups is 2. The van der Waals surface area contributed by atoms with E-state index in [2.05, 4.69) is 0 Å². The number of hydrogen-bond acceptors (Lipinski definition) is 6. The van der Waals surface area contributed by atoms with Crippen LogP contribution in [-0.4, -0.2) is 55.7 Å². The van der Waals surface area contributed by atoms with Gasteiger partial charge in [0.15, 0.2) is 11.5 Å². The molecule has 1 amide bonds. The molecule has 0 unspecified atom stereocenters. The fraction of sp³-hybridized carbons (Fsp3) is 0.333. The van der Waals surface area contributed by atoms with Crippen molar-refractivity contribution in [1.82, 2.24) is 4.90 Å². The van der Waals surface area contributed by atoms with Crippen molar-refractivity contribution in [3.8, 4) is 11.5 Å². The van der Waals surface area contributed by atoms with E-state index in [1.807, 2.05) is 14.1 Å². The molecule has 1 aromatic carbocycles. The van der Waals surface area contributed by atoms with E-state index < -0.39 is 17.7 Å². The molecule has 2 aliphatic heterocycles. The molecule has 152 valence electrons. The summed E-state index contributed by atoms with van der Waals surface area (Å²) in [4.78, 5) is 28.3. The van der Waals surface area contributed by atoms with Crippen LogP contribution < -0.4 is 14.4 Å². The topological polar surface area (TPSA) is 93.7 Å². The first-order chi connectivity index (χ1) is 14.0. The van der Waals surface area contributed by atoms with Gasteiger partial charge in [-0.1, -0.05) is 0 Å². The van der Waals surface area contributed by atoms with Gasteiger partial charge in [-0.05, 0) is 30.3 Å². The van der Waals surface area contributed by atoms with E-state index in [0.29, 0.717) is 29.4 Å². The average molecular weight is 399 g/mol. The lowest BCUT2D eigenvalue weighted by Gasteiger charge is -2.23. The Labute approximate surface area is 167 Å². The number of ether oxygens (including phenoxy) is 2. The van der Waals surface area contributed by atoms with Gasteiger partial charge in [0.05, 0.1) is 32.5 Å². The SMILES string of the molecule is C[NH+](C)CCCN1C(=O)C(=O)/C(=C(\O)c2ccc3c(c2)OCO3)[C@@H]1c1ccco1. The molecule has 1 atom stereocenters. The number of benzene rings is 1. The number of nitrogens with zero attached hydrogens (tertiary/aromatic N) is 1. The number of quaternary nitrogens is 1. The standard InChI is InChI=1S/C21H22N2O6/c1-22(2)8-4-9-23-18(15-5-3-10-27-15)17(20(25)21(23)26)19(24)13-6-7-14-16(11-13)29-12-28-14/h3,5-7,10-11,18,24H,4,8-9,12H2,1-2H3/p+1/b19-17-/t18-/m0/s1. The molecule has 0 bridgehead atoms. The number of hydrogen-bond donors (Lipinski definition) is 2. The molecule has 2 aliphatic rings. The van der Waals surface area contributed by atoms with Crippen LogP contribution in [0.4, 0.5) is 0 Å². The summed E-state index contributed by atoms with van der Waals surface area (Å²) < 4.78 is 16.2. The number of carbonyl (C=O) groups excluding carboxylic acids is 2. The molecule has 0 aliphatic carbocycles. The minimum absolute atomic E-state index is 0.0148. The summed E-state index contributed by atoms with van der Waals surface area (Å²) in [6.45, 7) is 1.33. The van der Waals surface area contributed by atoms with Crippen molar-refractivity contribution in [3.63, 3.8) is 0 Å². The Kier molecular flexibility index (Phi) is 5.02. The van der Waals surface area contributed by atoms with Crippen LogP contribution in [-0.2, 0) is 9.59 Å². The molecule has 29 heavy (non-hydrogen) atoms. The van der Waals surface area contributed by atoms with E-state index >= 15 is 0 Å². The van der Waals surface area contributed by atoms with Crippen molar-refractivity contribution in [3.05, 3.63) is 53.5 Å². The van der Waals surface area contributed by atoms with Crippen LogP contribution >= 0.6 is 0 Å². The zero-order chi connectivity index (χ0) is 20.5. The Bertz CT molecular complexity index is 964. The van der Waals surface area contributed by atoms with E-state index in [4.69, 9.17) is 13.9 Å². The number of fused-ring (bicyclic) bond motifs is 1. The molecular weight excluding hydrogens is 376 g/mol. The number of aliphatic hydroxyl groups excluding tert-OH is 1. The third-order valence-electron chi connectivity index (χ3n) is 5.07. The molecule has 2 aromatic rings. The molecule has 0 spiro atoms. The Morgan fingerprint density at radius 1 is 1.21 bits per heavy atom. The van der Waals surface area contributed by atoms with Gasteiger partial charge >= 0.3 is 0 Å². The minimum Gasteiger partial charge on any atom is -0.507 e. The monoisotopic (exact) mass is 399 g/mol. The fourth-order valence-corrected chi connectivity index (χ4v) is 3.66. The van der Waals surface area contributed by atoms with Gasteiger partial charge in [-0.15, -0.1) is 0 Å². The highest BCUT2D eigenvalue weighted by atomic mass is 16.7. The Morgan fingerprint density at radius 2 is 2.00 bits per heavy atom. The number of likely N-dealkylation sites (tertiary alicyclic amines) is 1. The molecule has 0 radical (unpaired) electrons. The van der Waals surface area contributed by atoms with E-state index in [1.165, 1.54) is 16.1 Å². The second kappa shape index (κ2) is 7.63. The first-order valence-electron chi connectivity index (χ1n) is 9.48. The van der Waals surface area contributed by atoms with Crippen LogP contribution in [0.2, 0.25) is 0 Å². The van der Waals surface area contributed by atoms with Crippen molar-refractivity contribution in [1.29, 1.82) is 0 Å². The van der Waals surface area contributed by atoms with Gasteiger partial charge in [-0.25, -0.2) is 0 Å². The molecular formula is C21H23N2O6+. The summed E-state index contributed by atoms with van der Waals surface area (Å²) in [6.07, 6.45) is 2.20. The highest BCUT2D eigenvalue weighted by Gasteiger charge is 2.47. The predicted molar refractivity (Wildman–Crippen MR) is 103 cm³/mol. The Hall–Kier alpha value is -3.26. The highest BCUT2D eigenvalue weighted by molar-refractivity contribution is 6.46. The van der Waals surface area contributed by atoms with Gasteiger partial charge in [0.25, 0.3) is 11.7 Å². The number of aliphatic hydroxyl groups is 1. The predicted octanol–water partition coefficient (Wildman–Crippen LogP) is 0.965. The van der Waals surface area contributed by atoms with E-state index in [1.54, 1.807) is 30.3 Å². The number of amides is 1. The lowest BCUT2D eigenvalue weighted by molar-refractivity contribution is -0.858. The van der Waals surface area contributed by atoms with Gasteiger partial charge in [0.2, 0.25) is 6.79 Å². The van der Waals surface area contributed by atoms with Crippen molar-refractivity contribution >= 4 is 17.4 Å². The normalized spacial score (nSPS) is 20.1. The number of nitrogens with one attached hydrogen (secondary N) is 1. The largest absolute Gasteiger partial charge is 0.507 e. The summed E-state index contributed by atoms with van der Waals surface area (Å²) in [7, 11) is 4.05. The maximum Gasteiger partial charge on any atom is 0.295 e. The number of Topliss-reactive ketones (excluding diaryl/α,β-unsaturated/α-hetero) is 1. The van der Waals surface area contributed by atoms with Crippen molar-refractivity contribution in [2.45, 2.75) is 12.5 Å². The maximum atomic E-state index is 12.9. The highest BCUT2D eigenvalue weighted by Crippen LogP contribution is 2.41. The molecule has 4 rings (SSSR count). The van der Waals surface area contributed by atoms with Crippen molar-refractivity contribution < 1.29 is 33.5 Å². The first-order valence-corrected chi connectivity index (χ1v) is 9.48. The van der Waals surface area contributed by atoms with Crippen LogP contribution in [0.15, 0.2) is 46.6 Å². The lowest BCUT2D eigenvalue weighted by atomic mass is 9.99. The molecule has 1 saturated heterocycles. The quantitative estimate of drug-likeness (QED) is 0.427. The minimum atomic E-state index is -0.771. The second-order valence-electron chi connectivity index (χ2n) is 7.39. The lowest BCUT2D eigenvalue weighted by Crippen LogP contribution is -3.05. The molecule has 0 saturated carbocycles. The van der Waals surface area contributed by atoms with Crippen LogP contribution in [0.25, 0.3) is 5.76 Å². The zero-order valence-electron chi connectivity index (χ0n) is 16.3. The number of ketones is 1. The summed E-state index contributed by atoms with van der Waals surface area (Å²) in [5.74, 6) is -0.142. The molecule has 3 heterocycles. The molecule has 8 nitrogen and oxygen atoms in total. The number of furan rings is 1. The zero-order valence-corrected chi connectivity index (χ0v) is 16.3. The van der Waals surface area contributed by atoms with Gasteiger partial charge in [-0.3, -0.25) is 9.59 Å². The van der Waals surface area contributed by atoms with E-state index in [0.717, 1.165) is 13.0 Å². The Balaban J connectivity index is 1.74. The van der Waals surface area contributed by atoms with Gasteiger partial charge < -0.3 is 28.8 Å². The molecule has 8 heteroatoms. The van der Waals surface area contributed by atoms with Crippen molar-refractivity contribution in [2.24, 2.45) is 0 Å². The third kappa shape index (κ3) is 3.47. The molecule has 1 aromatic heterocycles. The van der Waals surface area contributed by atoms with Crippen LogP contribution in [0, 0.1) is 0 Å². The van der Waals surface area contributed by atoms with E-state index in [-0.39, 0.29) is 18.1 Å².